The number of oxazole rings is 1. The number of hydrogen-bond acceptors (Lipinski definition) is 3. The highest BCUT2D eigenvalue weighted by Crippen LogP contribution is 2.26. The Labute approximate surface area is 110 Å². The molecule has 0 aliphatic carbocycles. The Hall–Kier alpha value is -2.86. The minimum Gasteiger partial charge on any atom is -0.436 e. The van der Waals surface area contributed by atoms with Crippen LogP contribution in [0.5, 0.6) is 0 Å². The van der Waals surface area contributed by atoms with Crippen LogP contribution in [0.25, 0.3) is 22.8 Å². The average molecular weight is 246 g/mol. The van der Waals surface area contributed by atoms with Gasteiger partial charge < -0.3 is 4.42 Å². The first kappa shape index (κ1) is 11.2. The van der Waals surface area contributed by atoms with Crippen LogP contribution >= 0.6 is 0 Å². The second-order valence-corrected chi connectivity index (χ2v) is 4.09. The third-order valence-corrected chi connectivity index (χ3v) is 2.80. The van der Waals surface area contributed by atoms with Gasteiger partial charge in [-0.25, -0.2) is 4.98 Å². The maximum Gasteiger partial charge on any atom is 0.226 e. The molecule has 0 saturated carbocycles. The maximum absolute atomic E-state index is 8.89. The number of hydrogen-bond donors (Lipinski definition) is 0. The summed E-state index contributed by atoms with van der Waals surface area (Å²) in [5, 5.41) is 8.89. The number of benzene rings is 2. The molecule has 0 aliphatic rings. The standard InChI is InChI=1S/C16H10N2O/c17-10-12-5-4-8-14(9-12)16-18-11-15(19-16)13-6-2-1-3-7-13/h1-9,11H. The lowest BCUT2D eigenvalue weighted by Crippen LogP contribution is -1.79. The number of aromatic nitrogens is 1. The van der Waals surface area contributed by atoms with Crippen molar-refractivity contribution in [2.24, 2.45) is 0 Å². The van der Waals surface area contributed by atoms with Gasteiger partial charge in [-0.3, -0.25) is 0 Å². The van der Waals surface area contributed by atoms with Gasteiger partial charge in [-0.1, -0.05) is 36.4 Å². The molecule has 3 aromatic rings. The van der Waals surface area contributed by atoms with Gasteiger partial charge in [0.25, 0.3) is 0 Å². The van der Waals surface area contributed by atoms with Crippen LogP contribution in [0.4, 0.5) is 0 Å². The Kier molecular flexibility index (Phi) is 2.83. The van der Waals surface area contributed by atoms with Crippen molar-refractivity contribution in [3.05, 3.63) is 66.4 Å². The molecule has 0 unspecified atom stereocenters. The lowest BCUT2D eigenvalue weighted by atomic mass is 10.1. The molecule has 0 bridgehead atoms. The summed E-state index contributed by atoms with van der Waals surface area (Å²) in [7, 11) is 0. The minimum absolute atomic E-state index is 0.524. The van der Waals surface area contributed by atoms with E-state index in [2.05, 4.69) is 11.1 Å². The van der Waals surface area contributed by atoms with Crippen LogP contribution < -0.4 is 0 Å². The van der Waals surface area contributed by atoms with Crippen LogP contribution in [0.1, 0.15) is 5.56 Å². The fraction of sp³-hybridized carbons (Fsp3) is 0. The Morgan fingerprint density at radius 2 is 1.74 bits per heavy atom. The molecule has 3 nitrogen and oxygen atoms in total. The lowest BCUT2D eigenvalue weighted by Gasteiger charge is -1.97. The zero-order valence-corrected chi connectivity index (χ0v) is 10.1. The summed E-state index contributed by atoms with van der Waals surface area (Å²) < 4.78 is 5.73. The van der Waals surface area contributed by atoms with Gasteiger partial charge in [-0.2, -0.15) is 5.26 Å². The van der Waals surface area contributed by atoms with E-state index in [1.807, 2.05) is 42.5 Å². The van der Waals surface area contributed by atoms with Gasteiger partial charge in [0.1, 0.15) is 0 Å². The zero-order valence-electron chi connectivity index (χ0n) is 10.1. The van der Waals surface area contributed by atoms with E-state index in [0.29, 0.717) is 11.5 Å². The van der Waals surface area contributed by atoms with Crippen molar-refractivity contribution in [2.75, 3.05) is 0 Å². The van der Waals surface area contributed by atoms with E-state index in [1.54, 1.807) is 18.3 Å². The van der Waals surface area contributed by atoms with Crippen LogP contribution in [0.3, 0.4) is 0 Å². The molecule has 0 amide bonds. The topological polar surface area (TPSA) is 49.8 Å². The summed E-state index contributed by atoms with van der Waals surface area (Å²) in [4.78, 5) is 4.26. The van der Waals surface area contributed by atoms with Crippen molar-refractivity contribution in [1.82, 2.24) is 4.98 Å². The second kappa shape index (κ2) is 4.79. The van der Waals surface area contributed by atoms with Crippen LogP contribution in [0, 0.1) is 11.3 Å². The largest absolute Gasteiger partial charge is 0.436 e. The molecule has 0 fully saturated rings. The number of nitriles is 1. The maximum atomic E-state index is 8.89. The van der Waals surface area contributed by atoms with E-state index in [-0.39, 0.29) is 0 Å². The molecule has 1 aromatic heterocycles. The van der Waals surface area contributed by atoms with Gasteiger partial charge in [0.2, 0.25) is 5.89 Å². The van der Waals surface area contributed by atoms with Crippen LogP contribution in [0.15, 0.2) is 65.2 Å². The van der Waals surface area contributed by atoms with E-state index < -0.39 is 0 Å². The molecule has 0 N–H and O–H groups in total. The molecule has 0 aliphatic heterocycles. The molecule has 2 aromatic carbocycles. The van der Waals surface area contributed by atoms with Crippen LogP contribution in [-0.4, -0.2) is 4.98 Å². The summed E-state index contributed by atoms with van der Waals surface area (Å²) in [5.74, 6) is 1.24. The summed E-state index contributed by atoms with van der Waals surface area (Å²) in [6.45, 7) is 0. The fourth-order valence-corrected chi connectivity index (χ4v) is 1.87. The van der Waals surface area contributed by atoms with Crippen molar-refractivity contribution < 1.29 is 4.42 Å². The van der Waals surface area contributed by atoms with E-state index in [0.717, 1.165) is 16.9 Å². The fourth-order valence-electron chi connectivity index (χ4n) is 1.87. The van der Waals surface area contributed by atoms with Gasteiger partial charge in [-0.15, -0.1) is 0 Å². The highest BCUT2D eigenvalue weighted by atomic mass is 16.4. The SMILES string of the molecule is N#Cc1cccc(-c2ncc(-c3ccccc3)o2)c1. The predicted molar refractivity (Wildman–Crippen MR) is 72.1 cm³/mol. The smallest absolute Gasteiger partial charge is 0.226 e. The van der Waals surface area contributed by atoms with E-state index in [9.17, 15) is 0 Å². The third kappa shape index (κ3) is 2.24. The van der Waals surface area contributed by atoms with Crippen molar-refractivity contribution >= 4 is 0 Å². The molecule has 0 radical (unpaired) electrons. The third-order valence-electron chi connectivity index (χ3n) is 2.80. The van der Waals surface area contributed by atoms with E-state index >= 15 is 0 Å². The second-order valence-electron chi connectivity index (χ2n) is 4.09. The molecular weight excluding hydrogens is 236 g/mol. The van der Waals surface area contributed by atoms with Crippen LogP contribution in [-0.2, 0) is 0 Å². The molecule has 0 saturated heterocycles. The van der Waals surface area contributed by atoms with Gasteiger partial charge >= 0.3 is 0 Å². The van der Waals surface area contributed by atoms with Crippen molar-refractivity contribution in [1.29, 1.82) is 5.26 Å². The van der Waals surface area contributed by atoms with Crippen molar-refractivity contribution in [3.63, 3.8) is 0 Å². The van der Waals surface area contributed by atoms with Crippen LogP contribution in [0.2, 0.25) is 0 Å². The lowest BCUT2D eigenvalue weighted by molar-refractivity contribution is 0.589. The summed E-state index contributed by atoms with van der Waals surface area (Å²) in [5.41, 5.74) is 2.39. The minimum atomic E-state index is 0.524. The van der Waals surface area contributed by atoms with Crippen molar-refractivity contribution in [3.8, 4) is 28.8 Å². The van der Waals surface area contributed by atoms with Gasteiger partial charge in [0.15, 0.2) is 5.76 Å². The number of nitrogens with zero attached hydrogens (tertiary/aromatic N) is 2. The molecule has 0 atom stereocenters. The molecule has 3 heteroatoms. The summed E-state index contributed by atoms with van der Waals surface area (Å²) >= 11 is 0. The molecule has 1 heterocycles. The van der Waals surface area contributed by atoms with E-state index in [1.165, 1.54) is 0 Å². The van der Waals surface area contributed by atoms with Gasteiger partial charge in [-0.05, 0) is 18.2 Å². The van der Waals surface area contributed by atoms with E-state index in [4.69, 9.17) is 9.68 Å². The Morgan fingerprint density at radius 1 is 0.947 bits per heavy atom. The molecule has 19 heavy (non-hydrogen) atoms. The Morgan fingerprint density at radius 3 is 2.53 bits per heavy atom. The Balaban J connectivity index is 2.00. The highest BCUT2D eigenvalue weighted by Gasteiger charge is 2.08. The monoisotopic (exact) mass is 246 g/mol. The normalized spacial score (nSPS) is 10.1. The molecular formula is C16H10N2O. The predicted octanol–water partition coefficient (Wildman–Crippen LogP) is 3.88. The first-order chi connectivity index (χ1) is 9.36. The first-order valence-corrected chi connectivity index (χ1v) is 5.88. The average Bonchev–Trinajstić information content (AvgIpc) is 2.98. The van der Waals surface area contributed by atoms with Crippen molar-refractivity contribution in [2.45, 2.75) is 0 Å². The zero-order chi connectivity index (χ0) is 13.1. The van der Waals surface area contributed by atoms with Gasteiger partial charge in [0.05, 0.1) is 17.8 Å². The first-order valence-electron chi connectivity index (χ1n) is 5.88. The molecule has 3 rings (SSSR count). The Bertz CT molecular complexity index is 739. The number of rotatable bonds is 2. The molecule has 0 spiro atoms. The molecule has 90 valence electrons. The highest BCUT2D eigenvalue weighted by molar-refractivity contribution is 5.61. The summed E-state index contributed by atoms with van der Waals surface area (Å²) in [6, 6.07) is 19.1. The van der Waals surface area contributed by atoms with Gasteiger partial charge in [0, 0.05) is 11.1 Å². The quantitative estimate of drug-likeness (QED) is 0.689. The summed E-state index contributed by atoms with van der Waals surface area (Å²) in [6.07, 6.45) is 1.70.